The molecule has 0 bridgehead atoms. The number of nitrogens with one attached hydrogen (secondary N) is 2. The number of hydrogen-bond acceptors (Lipinski definition) is 7. The second kappa shape index (κ2) is 14.9. The van der Waals surface area contributed by atoms with E-state index in [1.165, 1.54) is 26.2 Å². The van der Waals surface area contributed by atoms with E-state index in [0.29, 0.717) is 18.4 Å². The third-order valence-corrected chi connectivity index (χ3v) is 4.09. The van der Waals surface area contributed by atoms with Gasteiger partial charge in [0, 0.05) is 27.8 Å². The molecule has 32 heavy (non-hydrogen) atoms. The van der Waals surface area contributed by atoms with Crippen LogP contribution < -0.4 is 22.0 Å². The van der Waals surface area contributed by atoms with Gasteiger partial charge in [0.1, 0.15) is 17.2 Å². The zero-order valence-corrected chi connectivity index (χ0v) is 19.4. The van der Waals surface area contributed by atoms with Crippen molar-refractivity contribution in [3.05, 3.63) is 56.0 Å². The smallest absolute Gasteiger partial charge is 0.332 e. The SMILES string of the molecule is CC.CO.Cc1ccc(Nc2c(C(=O)NOCCCCO)c(=O)n(C)c(=O)n2C)c(F)c1. The molecule has 0 atom stereocenters. The summed E-state index contributed by atoms with van der Waals surface area (Å²) < 4.78 is 16.0. The molecule has 11 heteroatoms. The third kappa shape index (κ3) is 7.59. The first-order chi connectivity index (χ1) is 15.3. The minimum Gasteiger partial charge on any atom is -0.400 e. The second-order valence-corrected chi connectivity index (χ2v) is 6.25. The minimum absolute atomic E-state index is 0.00513. The van der Waals surface area contributed by atoms with Crippen LogP contribution in [0.3, 0.4) is 0 Å². The zero-order valence-electron chi connectivity index (χ0n) is 19.4. The van der Waals surface area contributed by atoms with E-state index in [1.807, 2.05) is 13.8 Å². The first kappa shape index (κ1) is 29.0. The minimum atomic E-state index is -0.879. The number of hydroxylamine groups is 1. The average molecular weight is 457 g/mol. The van der Waals surface area contributed by atoms with Gasteiger partial charge in [-0.15, -0.1) is 0 Å². The number of anilines is 2. The summed E-state index contributed by atoms with van der Waals surface area (Å²) in [5.74, 6) is -1.64. The van der Waals surface area contributed by atoms with Gasteiger partial charge in [-0.1, -0.05) is 19.9 Å². The molecular weight excluding hydrogens is 423 g/mol. The highest BCUT2D eigenvalue weighted by Gasteiger charge is 2.23. The van der Waals surface area contributed by atoms with Crippen molar-refractivity contribution in [2.75, 3.05) is 25.6 Å². The molecule has 10 nitrogen and oxygen atoms in total. The lowest BCUT2D eigenvalue weighted by Crippen LogP contribution is -2.43. The van der Waals surface area contributed by atoms with E-state index in [2.05, 4.69) is 10.8 Å². The quantitative estimate of drug-likeness (QED) is 0.348. The first-order valence-corrected chi connectivity index (χ1v) is 10.1. The van der Waals surface area contributed by atoms with Gasteiger partial charge in [-0.25, -0.2) is 14.7 Å². The predicted molar refractivity (Wildman–Crippen MR) is 121 cm³/mol. The van der Waals surface area contributed by atoms with Crippen molar-refractivity contribution >= 4 is 17.4 Å². The molecule has 0 saturated heterocycles. The monoisotopic (exact) mass is 456 g/mol. The van der Waals surface area contributed by atoms with Crippen molar-refractivity contribution in [2.24, 2.45) is 14.1 Å². The maximum absolute atomic E-state index is 14.2. The number of benzene rings is 1. The number of hydrogen-bond donors (Lipinski definition) is 4. The number of nitrogens with zero attached hydrogens (tertiary/aromatic N) is 2. The molecule has 2 aromatic rings. The van der Waals surface area contributed by atoms with Crippen LogP contribution in [0.15, 0.2) is 27.8 Å². The summed E-state index contributed by atoms with van der Waals surface area (Å²) in [4.78, 5) is 42.3. The van der Waals surface area contributed by atoms with E-state index < -0.39 is 28.5 Å². The average Bonchev–Trinajstić information content (AvgIpc) is 2.80. The summed E-state index contributed by atoms with van der Waals surface area (Å²) in [5.41, 5.74) is 0.907. The van der Waals surface area contributed by atoms with E-state index in [0.717, 1.165) is 16.2 Å². The molecule has 0 aliphatic rings. The van der Waals surface area contributed by atoms with Gasteiger partial charge < -0.3 is 15.5 Å². The lowest BCUT2D eigenvalue weighted by atomic mass is 10.2. The number of aliphatic hydroxyl groups excluding tert-OH is 2. The van der Waals surface area contributed by atoms with Crippen LogP contribution in [0.25, 0.3) is 0 Å². The van der Waals surface area contributed by atoms with Gasteiger partial charge in [-0.2, -0.15) is 0 Å². The molecule has 4 N–H and O–H groups in total. The maximum atomic E-state index is 14.2. The molecule has 0 spiro atoms. The van der Waals surface area contributed by atoms with E-state index in [9.17, 15) is 18.8 Å². The molecule has 1 aromatic carbocycles. The maximum Gasteiger partial charge on any atom is 0.332 e. The van der Waals surface area contributed by atoms with Crippen molar-refractivity contribution in [3.63, 3.8) is 0 Å². The van der Waals surface area contributed by atoms with Crippen molar-refractivity contribution in [1.29, 1.82) is 0 Å². The van der Waals surface area contributed by atoms with Crippen LogP contribution in [0.4, 0.5) is 15.9 Å². The molecule has 2 rings (SSSR count). The molecule has 0 unspecified atom stereocenters. The second-order valence-electron chi connectivity index (χ2n) is 6.25. The van der Waals surface area contributed by atoms with Gasteiger partial charge in [0.2, 0.25) is 0 Å². The number of unbranched alkanes of at least 4 members (excludes halogenated alkanes) is 1. The Morgan fingerprint density at radius 3 is 2.31 bits per heavy atom. The summed E-state index contributed by atoms with van der Waals surface area (Å²) in [6.45, 7) is 5.84. The Bertz CT molecular complexity index is 987. The number of amides is 1. The predicted octanol–water partition coefficient (Wildman–Crippen LogP) is 1.34. The van der Waals surface area contributed by atoms with E-state index in [1.54, 1.807) is 13.0 Å². The molecular formula is C21H33FN4O6. The molecule has 0 saturated carbocycles. The van der Waals surface area contributed by atoms with Gasteiger partial charge in [0.25, 0.3) is 11.5 Å². The van der Waals surface area contributed by atoms with E-state index in [4.69, 9.17) is 15.1 Å². The van der Waals surface area contributed by atoms with Crippen LogP contribution in [-0.2, 0) is 18.9 Å². The number of rotatable bonds is 8. The molecule has 1 aromatic heterocycles. The number of aromatic nitrogens is 2. The number of carbonyl (C=O) groups is 1. The number of aliphatic hydroxyl groups is 2. The van der Waals surface area contributed by atoms with E-state index >= 15 is 0 Å². The Balaban J connectivity index is 0.00000227. The molecule has 0 radical (unpaired) electrons. The number of halogens is 1. The van der Waals surface area contributed by atoms with Gasteiger partial charge in [0.05, 0.1) is 12.3 Å². The van der Waals surface area contributed by atoms with Gasteiger partial charge in [-0.3, -0.25) is 23.6 Å². The first-order valence-electron chi connectivity index (χ1n) is 10.1. The lowest BCUT2D eigenvalue weighted by Gasteiger charge is -2.17. The Kier molecular flexibility index (Phi) is 13.5. The summed E-state index contributed by atoms with van der Waals surface area (Å²) in [6.07, 6.45) is 0.999. The fraction of sp³-hybridized carbons (Fsp3) is 0.476. The number of carbonyl (C=O) groups excluding carboxylic acids is 1. The van der Waals surface area contributed by atoms with Crippen LogP contribution in [0.2, 0.25) is 0 Å². The molecule has 0 aliphatic carbocycles. The standard InChI is InChI=1S/C18H23FN4O5.C2H6.CH4O/c1-11-6-7-13(12(19)10-11)20-15-14(16(25)21-28-9-5-4-8-24)17(26)23(3)18(27)22(15)2;2*1-2/h6-7,10,20,24H,4-5,8-9H2,1-3H3,(H,21,25);1-2H3;2H,1H3. The summed E-state index contributed by atoms with van der Waals surface area (Å²) in [7, 11) is 3.59. The number of aryl methyl sites for hydroxylation is 1. The highest BCUT2D eigenvalue weighted by molar-refractivity contribution is 5.98. The summed E-state index contributed by atoms with van der Waals surface area (Å²) in [5, 5.41) is 18.4. The van der Waals surface area contributed by atoms with E-state index in [-0.39, 0.29) is 24.7 Å². The van der Waals surface area contributed by atoms with Crippen LogP contribution in [0.1, 0.15) is 42.6 Å². The topological polar surface area (TPSA) is 135 Å². The highest BCUT2D eigenvalue weighted by Crippen LogP contribution is 2.21. The van der Waals surface area contributed by atoms with Crippen LogP contribution in [0, 0.1) is 12.7 Å². The molecule has 0 fully saturated rings. The van der Waals surface area contributed by atoms with Crippen LogP contribution in [-0.4, -0.2) is 45.6 Å². The fourth-order valence-electron chi connectivity index (χ4n) is 2.50. The van der Waals surface area contributed by atoms with Gasteiger partial charge >= 0.3 is 5.69 Å². The van der Waals surface area contributed by atoms with Crippen LogP contribution in [0.5, 0.6) is 0 Å². The lowest BCUT2D eigenvalue weighted by molar-refractivity contribution is 0.0287. The highest BCUT2D eigenvalue weighted by atomic mass is 19.1. The van der Waals surface area contributed by atoms with Crippen molar-refractivity contribution < 1.29 is 24.2 Å². The Morgan fingerprint density at radius 2 is 1.75 bits per heavy atom. The third-order valence-electron chi connectivity index (χ3n) is 4.09. The largest absolute Gasteiger partial charge is 0.400 e. The van der Waals surface area contributed by atoms with Gasteiger partial charge in [0.15, 0.2) is 0 Å². The fourth-order valence-corrected chi connectivity index (χ4v) is 2.50. The normalized spacial score (nSPS) is 9.78. The summed E-state index contributed by atoms with van der Waals surface area (Å²) in [6, 6.07) is 4.37. The molecule has 0 aliphatic heterocycles. The molecule has 180 valence electrons. The Morgan fingerprint density at radius 1 is 1.12 bits per heavy atom. The molecule has 1 heterocycles. The van der Waals surface area contributed by atoms with Crippen molar-refractivity contribution in [1.82, 2.24) is 14.6 Å². The van der Waals surface area contributed by atoms with Crippen molar-refractivity contribution in [2.45, 2.75) is 33.6 Å². The Labute approximate surface area is 186 Å². The van der Waals surface area contributed by atoms with Crippen LogP contribution >= 0.6 is 0 Å². The Hall–Kier alpha value is -3.02. The summed E-state index contributed by atoms with van der Waals surface area (Å²) >= 11 is 0. The van der Waals surface area contributed by atoms with Gasteiger partial charge in [-0.05, 0) is 37.5 Å². The zero-order chi connectivity index (χ0) is 24.8. The van der Waals surface area contributed by atoms with Crippen molar-refractivity contribution in [3.8, 4) is 0 Å². The molecule has 1 amide bonds.